The average Bonchev–Trinajstić information content (AvgIpc) is 2.89. The third kappa shape index (κ3) is 3.39. The molecule has 2 aromatic carbocycles. The van der Waals surface area contributed by atoms with Crippen LogP contribution in [-0.4, -0.2) is 35.3 Å². The van der Waals surface area contributed by atoms with Gasteiger partial charge in [0.05, 0.1) is 0 Å². The van der Waals surface area contributed by atoms with Crippen LogP contribution < -0.4 is 10.6 Å². The van der Waals surface area contributed by atoms with Crippen LogP contribution in [0.4, 0.5) is 4.79 Å². The average molecular weight is 367 g/mol. The minimum Gasteiger partial charge on any atom is -0.352 e. The summed E-state index contributed by atoms with van der Waals surface area (Å²) in [5.41, 5.74) is -0.477. The molecule has 0 aromatic heterocycles. The normalized spacial score (nSPS) is 19.6. The number of hydrogen-bond acceptors (Lipinski definition) is 3. The van der Waals surface area contributed by atoms with Crippen LogP contribution in [-0.2, 0) is 15.1 Å². The Kier molecular flexibility index (Phi) is 5.17. The molecule has 0 saturated carbocycles. The monoisotopic (exact) mass is 367 g/mol. The molecule has 4 amide bonds. The summed E-state index contributed by atoms with van der Waals surface area (Å²) >= 11 is 0. The van der Waals surface area contributed by atoms with Crippen molar-refractivity contribution in [2.75, 3.05) is 6.54 Å². The van der Waals surface area contributed by atoms with Gasteiger partial charge in [0, 0.05) is 6.04 Å². The van der Waals surface area contributed by atoms with Gasteiger partial charge >= 0.3 is 6.03 Å². The minimum atomic E-state index is -1.20. The smallest absolute Gasteiger partial charge is 0.325 e. The van der Waals surface area contributed by atoms with Gasteiger partial charge in [0.25, 0.3) is 5.91 Å². The van der Waals surface area contributed by atoms with Crippen molar-refractivity contribution in [1.29, 1.82) is 0 Å². The van der Waals surface area contributed by atoms with E-state index < -0.39 is 17.5 Å². The molecule has 6 heteroatoms. The molecule has 1 saturated heterocycles. The number of urea groups is 1. The lowest BCUT2D eigenvalue weighted by atomic mass is 9.88. The van der Waals surface area contributed by atoms with Gasteiger partial charge in [0.1, 0.15) is 12.1 Å². The predicted molar refractivity (Wildman–Crippen MR) is 104 cm³/mol. The van der Waals surface area contributed by atoms with Crippen LogP contribution in [0.2, 0.25) is 0 Å². The fraction of sp³-hybridized carbons (Fsp3) is 0.381. The summed E-state index contributed by atoms with van der Waals surface area (Å²) in [5.74, 6) is -0.738. The number of rotatable bonds is 6. The van der Waals surface area contributed by atoms with Crippen molar-refractivity contribution in [2.45, 2.75) is 45.2 Å². The summed E-state index contributed by atoms with van der Waals surface area (Å²) in [6, 6.07) is 12.9. The Morgan fingerprint density at radius 3 is 2.48 bits per heavy atom. The summed E-state index contributed by atoms with van der Waals surface area (Å²) in [6.45, 7) is 5.38. The fourth-order valence-corrected chi connectivity index (χ4v) is 3.59. The van der Waals surface area contributed by atoms with Crippen molar-refractivity contribution in [3.05, 3.63) is 48.0 Å². The highest BCUT2D eigenvalue weighted by atomic mass is 16.2. The maximum absolute atomic E-state index is 13.1. The third-order valence-corrected chi connectivity index (χ3v) is 5.26. The number of amides is 4. The second kappa shape index (κ2) is 7.39. The van der Waals surface area contributed by atoms with Gasteiger partial charge < -0.3 is 10.6 Å². The van der Waals surface area contributed by atoms with Gasteiger partial charge in [-0.05, 0) is 36.1 Å². The number of nitrogens with zero attached hydrogens (tertiary/aromatic N) is 1. The largest absolute Gasteiger partial charge is 0.352 e. The van der Waals surface area contributed by atoms with Gasteiger partial charge in [0.2, 0.25) is 5.91 Å². The number of hydrogen-bond donors (Lipinski definition) is 2. The predicted octanol–water partition coefficient (Wildman–Crippen LogP) is 2.91. The highest BCUT2D eigenvalue weighted by Crippen LogP contribution is 2.33. The van der Waals surface area contributed by atoms with Gasteiger partial charge in [-0.1, -0.05) is 56.3 Å². The van der Waals surface area contributed by atoms with E-state index in [0.717, 1.165) is 34.1 Å². The molecule has 1 atom stereocenters. The zero-order valence-corrected chi connectivity index (χ0v) is 15.9. The van der Waals surface area contributed by atoms with E-state index in [1.54, 1.807) is 6.92 Å². The Balaban J connectivity index is 1.87. The molecular formula is C21H25N3O3. The third-order valence-electron chi connectivity index (χ3n) is 5.26. The van der Waals surface area contributed by atoms with Crippen molar-refractivity contribution in [1.82, 2.24) is 15.5 Å². The fourth-order valence-electron chi connectivity index (χ4n) is 3.59. The van der Waals surface area contributed by atoms with Gasteiger partial charge in [0.15, 0.2) is 0 Å². The molecule has 1 aliphatic heterocycles. The maximum Gasteiger partial charge on any atom is 0.325 e. The molecule has 27 heavy (non-hydrogen) atoms. The van der Waals surface area contributed by atoms with Crippen molar-refractivity contribution < 1.29 is 14.4 Å². The first-order valence-corrected chi connectivity index (χ1v) is 9.32. The van der Waals surface area contributed by atoms with Crippen molar-refractivity contribution >= 4 is 28.6 Å². The van der Waals surface area contributed by atoms with E-state index in [1.807, 2.05) is 56.3 Å². The Labute approximate surface area is 158 Å². The summed E-state index contributed by atoms with van der Waals surface area (Å²) < 4.78 is 0. The second-order valence-corrected chi connectivity index (χ2v) is 7.05. The van der Waals surface area contributed by atoms with Crippen LogP contribution in [0, 0.1) is 0 Å². The molecule has 0 radical (unpaired) electrons. The van der Waals surface area contributed by atoms with E-state index in [1.165, 1.54) is 0 Å². The minimum absolute atomic E-state index is 0.0442. The van der Waals surface area contributed by atoms with E-state index >= 15 is 0 Å². The zero-order valence-electron chi connectivity index (χ0n) is 15.9. The van der Waals surface area contributed by atoms with Gasteiger partial charge in [-0.2, -0.15) is 0 Å². The highest BCUT2D eigenvalue weighted by Gasteiger charge is 2.50. The molecule has 1 unspecified atom stereocenters. The van der Waals surface area contributed by atoms with Crippen LogP contribution >= 0.6 is 0 Å². The maximum atomic E-state index is 13.1. The first-order chi connectivity index (χ1) is 12.9. The molecule has 1 aliphatic rings. The number of carbonyl (C=O) groups excluding carboxylic acids is 3. The highest BCUT2D eigenvalue weighted by molar-refractivity contribution is 6.10. The van der Waals surface area contributed by atoms with Crippen LogP contribution in [0.25, 0.3) is 10.8 Å². The van der Waals surface area contributed by atoms with Gasteiger partial charge in [-0.3, -0.25) is 14.5 Å². The number of benzene rings is 2. The summed E-state index contributed by atoms with van der Waals surface area (Å²) in [4.78, 5) is 38.9. The molecule has 0 aliphatic carbocycles. The molecule has 0 bridgehead atoms. The Hall–Kier alpha value is -2.89. The molecule has 142 valence electrons. The van der Waals surface area contributed by atoms with Crippen LogP contribution in [0.15, 0.2) is 42.5 Å². The second-order valence-electron chi connectivity index (χ2n) is 7.05. The lowest BCUT2D eigenvalue weighted by Crippen LogP contribution is -2.45. The summed E-state index contributed by atoms with van der Waals surface area (Å²) in [5, 5.41) is 7.54. The zero-order chi connectivity index (χ0) is 19.6. The molecule has 2 N–H and O–H groups in total. The van der Waals surface area contributed by atoms with Crippen molar-refractivity contribution in [3.8, 4) is 0 Å². The lowest BCUT2D eigenvalue weighted by molar-refractivity contribution is -0.135. The Bertz CT molecular complexity index is 886. The topological polar surface area (TPSA) is 78.5 Å². The van der Waals surface area contributed by atoms with E-state index in [-0.39, 0.29) is 18.5 Å². The Morgan fingerprint density at radius 1 is 1.11 bits per heavy atom. The van der Waals surface area contributed by atoms with Crippen LogP contribution in [0.1, 0.15) is 39.2 Å². The van der Waals surface area contributed by atoms with Crippen LogP contribution in [0.5, 0.6) is 0 Å². The molecule has 1 heterocycles. The number of nitrogens with one attached hydrogen (secondary N) is 2. The van der Waals surface area contributed by atoms with Crippen LogP contribution in [0.3, 0.4) is 0 Å². The van der Waals surface area contributed by atoms with Crippen molar-refractivity contribution in [3.63, 3.8) is 0 Å². The molecule has 3 rings (SSSR count). The summed E-state index contributed by atoms with van der Waals surface area (Å²) in [6.07, 6.45) is 1.60. The van der Waals surface area contributed by atoms with Crippen molar-refractivity contribution in [2.24, 2.45) is 0 Å². The molecule has 0 spiro atoms. The lowest BCUT2D eigenvalue weighted by Gasteiger charge is -2.24. The quantitative estimate of drug-likeness (QED) is 0.771. The molecular weight excluding hydrogens is 342 g/mol. The van der Waals surface area contributed by atoms with Gasteiger partial charge in [-0.15, -0.1) is 0 Å². The first kappa shape index (κ1) is 18.9. The number of carbonyl (C=O) groups is 3. The van der Waals surface area contributed by atoms with E-state index in [0.29, 0.717) is 0 Å². The standard InChI is InChI=1S/C21H25N3O3/c1-4-15(5-2)22-18(25)13-24-19(26)21(3,23-20(24)27)17-12-8-10-14-9-6-7-11-16(14)17/h6-12,15H,4-5,13H2,1-3H3,(H,22,25)(H,23,27). The summed E-state index contributed by atoms with van der Waals surface area (Å²) in [7, 11) is 0. The number of fused-ring (bicyclic) bond motifs is 1. The van der Waals surface area contributed by atoms with E-state index in [4.69, 9.17) is 0 Å². The van der Waals surface area contributed by atoms with Gasteiger partial charge in [-0.25, -0.2) is 4.79 Å². The molecule has 2 aromatic rings. The first-order valence-electron chi connectivity index (χ1n) is 9.32. The SMILES string of the molecule is CCC(CC)NC(=O)CN1C(=O)NC(C)(c2cccc3ccccc23)C1=O. The van der Waals surface area contributed by atoms with E-state index in [9.17, 15) is 14.4 Å². The van der Waals surface area contributed by atoms with E-state index in [2.05, 4.69) is 10.6 Å². The number of imide groups is 1. The Morgan fingerprint density at radius 2 is 1.78 bits per heavy atom. The molecule has 1 fully saturated rings. The molecule has 6 nitrogen and oxygen atoms in total.